The summed E-state index contributed by atoms with van der Waals surface area (Å²) >= 11 is 6.20. The number of carbonyl (C=O) groups excluding carboxylic acids is 1. The van der Waals surface area contributed by atoms with E-state index in [9.17, 15) is 14.7 Å². The highest BCUT2D eigenvalue weighted by Crippen LogP contribution is 2.32. The van der Waals surface area contributed by atoms with E-state index < -0.39 is 17.3 Å². The van der Waals surface area contributed by atoms with Gasteiger partial charge >= 0.3 is 5.97 Å². The lowest BCUT2D eigenvalue weighted by Gasteiger charge is -2.26. The number of nitrogens with one attached hydrogen (secondary N) is 2. The molecule has 6 nitrogen and oxygen atoms in total. The van der Waals surface area contributed by atoms with Crippen LogP contribution in [0.3, 0.4) is 0 Å². The summed E-state index contributed by atoms with van der Waals surface area (Å²) in [6.07, 6.45) is 0. The van der Waals surface area contributed by atoms with E-state index >= 15 is 0 Å². The molecule has 0 fully saturated rings. The quantitative estimate of drug-likeness (QED) is 0.596. The number of benzene rings is 2. The molecule has 2 aromatic carbocycles. The highest BCUT2D eigenvalue weighted by Gasteiger charge is 2.38. The summed E-state index contributed by atoms with van der Waals surface area (Å²) < 4.78 is 5.24. The first kappa shape index (κ1) is 21.6. The van der Waals surface area contributed by atoms with Crippen molar-refractivity contribution >= 4 is 34.9 Å². The Morgan fingerprint density at radius 2 is 1.86 bits per heavy atom. The van der Waals surface area contributed by atoms with Gasteiger partial charge in [-0.1, -0.05) is 36.7 Å². The molecule has 0 aliphatic heterocycles. The molecular weight excluding hydrogens is 380 g/mol. The molecule has 28 heavy (non-hydrogen) atoms. The summed E-state index contributed by atoms with van der Waals surface area (Å²) in [6.45, 7) is 5.12. The Morgan fingerprint density at radius 1 is 1.18 bits per heavy atom. The number of hydrogen-bond donors (Lipinski definition) is 3. The van der Waals surface area contributed by atoms with Gasteiger partial charge in [-0.25, -0.2) is 0 Å². The molecule has 0 saturated carbocycles. The second-order valence-electron chi connectivity index (χ2n) is 7.09. The van der Waals surface area contributed by atoms with Crippen molar-refractivity contribution in [1.82, 2.24) is 0 Å². The lowest BCUT2D eigenvalue weighted by Crippen LogP contribution is -2.38. The summed E-state index contributed by atoms with van der Waals surface area (Å²) in [5.74, 6) is -1.59. The number of ether oxygens (including phenoxy) is 1. The molecule has 1 unspecified atom stereocenters. The van der Waals surface area contributed by atoms with Crippen LogP contribution in [0.4, 0.5) is 11.4 Å². The van der Waals surface area contributed by atoms with Crippen LogP contribution in [-0.4, -0.2) is 24.1 Å². The van der Waals surface area contributed by atoms with Crippen molar-refractivity contribution in [3.63, 3.8) is 0 Å². The van der Waals surface area contributed by atoms with Crippen molar-refractivity contribution in [3.05, 3.63) is 53.1 Å². The number of amides is 1. The van der Waals surface area contributed by atoms with Crippen molar-refractivity contribution in [1.29, 1.82) is 0 Å². The van der Waals surface area contributed by atoms with Gasteiger partial charge in [0, 0.05) is 17.6 Å². The number of carboxylic acids is 1. The summed E-state index contributed by atoms with van der Waals surface area (Å²) in [7, 11) is 1.54. The number of rotatable bonds is 8. The SMILES string of the molecule is COc1ccc(NCc2ccccc2Cl)c(NC(=O)C(C)C(C)(C)C(=O)O)c1. The van der Waals surface area contributed by atoms with Crippen molar-refractivity contribution in [2.75, 3.05) is 17.7 Å². The lowest BCUT2D eigenvalue weighted by atomic mass is 9.79. The van der Waals surface area contributed by atoms with Crippen LogP contribution in [0.2, 0.25) is 5.02 Å². The predicted octanol–water partition coefficient (Wildman–Crippen LogP) is 4.65. The smallest absolute Gasteiger partial charge is 0.309 e. The van der Waals surface area contributed by atoms with Gasteiger partial charge in [-0.3, -0.25) is 9.59 Å². The average Bonchev–Trinajstić information content (AvgIpc) is 2.67. The van der Waals surface area contributed by atoms with E-state index in [0.29, 0.717) is 28.7 Å². The van der Waals surface area contributed by atoms with Gasteiger partial charge in [0.05, 0.1) is 29.8 Å². The summed E-state index contributed by atoms with van der Waals surface area (Å²) in [6, 6.07) is 12.7. The highest BCUT2D eigenvalue weighted by molar-refractivity contribution is 6.31. The zero-order chi connectivity index (χ0) is 20.9. The van der Waals surface area contributed by atoms with E-state index in [2.05, 4.69) is 10.6 Å². The molecule has 7 heteroatoms. The summed E-state index contributed by atoms with van der Waals surface area (Å²) in [5.41, 5.74) is 0.894. The number of carboxylic acid groups (broad SMARTS) is 1. The molecule has 0 heterocycles. The third kappa shape index (κ3) is 4.95. The first-order chi connectivity index (χ1) is 13.2. The maximum Gasteiger partial charge on any atom is 0.309 e. The van der Waals surface area contributed by atoms with Gasteiger partial charge in [0.25, 0.3) is 0 Å². The number of halogens is 1. The summed E-state index contributed by atoms with van der Waals surface area (Å²) in [4.78, 5) is 24.1. The second-order valence-corrected chi connectivity index (χ2v) is 7.50. The molecule has 2 rings (SSSR count). The van der Waals surface area contributed by atoms with Crippen LogP contribution in [-0.2, 0) is 16.1 Å². The van der Waals surface area contributed by atoms with Crippen LogP contribution in [0.25, 0.3) is 0 Å². The largest absolute Gasteiger partial charge is 0.497 e. The molecule has 0 bridgehead atoms. The minimum atomic E-state index is -1.20. The highest BCUT2D eigenvalue weighted by atomic mass is 35.5. The summed E-state index contributed by atoms with van der Waals surface area (Å²) in [5, 5.41) is 16.1. The zero-order valence-electron chi connectivity index (χ0n) is 16.4. The first-order valence-corrected chi connectivity index (χ1v) is 9.24. The molecule has 0 spiro atoms. The van der Waals surface area contributed by atoms with Crippen LogP contribution in [0.1, 0.15) is 26.3 Å². The fourth-order valence-corrected chi connectivity index (χ4v) is 2.70. The number of aliphatic carboxylic acids is 1. The molecule has 1 atom stereocenters. The van der Waals surface area contributed by atoms with Crippen molar-refractivity contribution in [2.45, 2.75) is 27.3 Å². The maximum atomic E-state index is 12.7. The third-order valence-corrected chi connectivity index (χ3v) is 5.31. The topological polar surface area (TPSA) is 87.7 Å². The van der Waals surface area contributed by atoms with Crippen LogP contribution >= 0.6 is 11.6 Å². The molecular formula is C21H25ClN2O4. The number of methoxy groups -OCH3 is 1. The molecule has 0 aliphatic carbocycles. The molecule has 0 aliphatic rings. The van der Waals surface area contributed by atoms with Gasteiger partial charge in [0.15, 0.2) is 0 Å². The van der Waals surface area contributed by atoms with Crippen molar-refractivity contribution in [2.24, 2.45) is 11.3 Å². The van der Waals surface area contributed by atoms with Gasteiger partial charge in [0.2, 0.25) is 5.91 Å². The Morgan fingerprint density at radius 3 is 2.46 bits per heavy atom. The zero-order valence-corrected chi connectivity index (χ0v) is 17.1. The Labute approximate surface area is 169 Å². The fraction of sp³-hybridized carbons (Fsp3) is 0.333. The van der Waals surface area contributed by atoms with E-state index in [4.69, 9.17) is 16.3 Å². The van der Waals surface area contributed by atoms with Crippen LogP contribution in [0.15, 0.2) is 42.5 Å². The minimum absolute atomic E-state index is 0.388. The Kier molecular flexibility index (Phi) is 6.91. The number of carbonyl (C=O) groups is 2. The minimum Gasteiger partial charge on any atom is -0.497 e. The maximum absolute atomic E-state index is 12.7. The molecule has 0 radical (unpaired) electrons. The van der Waals surface area contributed by atoms with Gasteiger partial charge in [-0.05, 0) is 37.6 Å². The van der Waals surface area contributed by atoms with E-state index in [1.54, 1.807) is 25.1 Å². The molecule has 2 aromatic rings. The first-order valence-electron chi connectivity index (χ1n) is 8.86. The molecule has 0 aromatic heterocycles. The fourth-order valence-electron chi connectivity index (χ4n) is 2.49. The molecule has 0 saturated heterocycles. The normalized spacial score (nSPS) is 12.2. The monoisotopic (exact) mass is 404 g/mol. The van der Waals surface area contributed by atoms with Crippen LogP contribution < -0.4 is 15.4 Å². The third-order valence-electron chi connectivity index (χ3n) is 4.94. The molecule has 3 N–H and O–H groups in total. The molecule has 150 valence electrons. The van der Waals surface area contributed by atoms with E-state index in [1.807, 2.05) is 24.3 Å². The van der Waals surface area contributed by atoms with E-state index in [1.165, 1.54) is 21.0 Å². The van der Waals surface area contributed by atoms with Gasteiger partial charge < -0.3 is 20.5 Å². The second kappa shape index (κ2) is 8.97. The molecule has 1 amide bonds. The van der Waals surface area contributed by atoms with Gasteiger partial charge in [-0.2, -0.15) is 0 Å². The Bertz CT molecular complexity index is 867. The van der Waals surface area contributed by atoms with E-state index in [-0.39, 0.29) is 5.91 Å². The Balaban J connectivity index is 2.23. The van der Waals surface area contributed by atoms with Gasteiger partial charge in [-0.15, -0.1) is 0 Å². The van der Waals surface area contributed by atoms with Crippen LogP contribution in [0, 0.1) is 11.3 Å². The number of anilines is 2. The van der Waals surface area contributed by atoms with Crippen molar-refractivity contribution in [3.8, 4) is 5.75 Å². The standard InChI is InChI=1S/C21H25ClN2O4/c1-13(21(2,3)20(26)27)19(25)24-18-11-15(28-4)9-10-17(18)23-12-14-7-5-6-8-16(14)22/h5-11,13,23H,12H2,1-4H3,(H,24,25)(H,26,27). The van der Waals surface area contributed by atoms with E-state index in [0.717, 1.165) is 5.56 Å². The number of hydrogen-bond acceptors (Lipinski definition) is 4. The van der Waals surface area contributed by atoms with Gasteiger partial charge in [0.1, 0.15) is 5.75 Å². The predicted molar refractivity (Wildman–Crippen MR) is 111 cm³/mol. The van der Waals surface area contributed by atoms with Crippen molar-refractivity contribution < 1.29 is 19.4 Å². The Hall–Kier alpha value is -2.73. The lowest BCUT2D eigenvalue weighted by molar-refractivity contribution is -0.152. The average molecular weight is 405 g/mol. The van der Waals surface area contributed by atoms with Crippen LogP contribution in [0.5, 0.6) is 5.75 Å².